The van der Waals surface area contributed by atoms with E-state index >= 15 is 0 Å². The fraction of sp³-hybridized carbons (Fsp3) is 0.353. The van der Waals surface area contributed by atoms with Gasteiger partial charge in [0.1, 0.15) is 5.69 Å². The van der Waals surface area contributed by atoms with Crippen molar-refractivity contribution in [3.63, 3.8) is 0 Å². The van der Waals surface area contributed by atoms with E-state index in [-0.39, 0.29) is 11.9 Å². The summed E-state index contributed by atoms with van der Waals surface area (Å²) in [6, 6.07) is 9.75. The van der Waals surface area contributed by atoms with E-state index in [2.05, 4.69) is 20.6 Å². The van der Waals surface area contributed by atoms with Gasteiger partial charge in [-0.3, -0.25) is 4.79 Å². The average Bonchev–Trinajstić information content (AvgIpc) is 2.49. The lowest BCUT2D eigenvalue weighted by Crippen LogP contribution is -2.32. The zero-order chi connectivity index (χ0) is 16.1. The molecule has 1 amide bonds. The molecule has 1 aromatic heterocycles. The van der Waals surface area contributed by atoms with Gasteiger partial charge in [-0.05, 0) is 45.4 Å². The monoisotopic (exact) mass is 298 g/mol. The van der Waals surface area contributed by atoms with E-state index in [4.69, 9.17) is 0 Å². The third-order valence-corrected chi connectivity index (χ3v) is 3.38. The summed E-state index contributed by atoms with van der Waals surface area (Å²) in [7, 11) is 0. The van der Waals surface area contributed by atoms with Gasteiger partial charge in [-0.2, -0.15) is 0 Å². The van der Waals surface area contributed by atoms with E-state index in [0.29, 0.717) is 11.6 Å². The van der Waals surface area contributed by atoms with Gasteiger partial charge in [0.05, 0.1) is 0 Å². The Morgan fingerprint density at radius 1 is 1.18 bits per heavy atom. The van der Waals surface area contributed by atoms with Crippen molar-refractivity contribution < 1.29 is 4.79 Å². The number of nitrogens with one attached hydrogen (secondary N) is 2. The zero-order valence-corrected chi connectivity index (χ0v) is 13.5. The Hall–Kier alpha value is -2.43. The molecule has 0 bridgehead atoms. The molecule has 1 heterocycles. The quantitative estimate of drug-likeness (QED) is 0.888. The molecule has 0 spiro atoms. The summed E-state index contributed by atoms with van der Waals surface area (Å²) < 4.78 is 0. The number of hydrogen-bond acceptors (Lipinski definition) is 4. The second kappa shape index (κ2) is 7.02. The Bertz CT molecular complexity index is 652. The molecule has 2 aromatic rings. The van der Waals surface area contributed by atoms with Crippen molar-refractivity contribution >= 4 is 17.5 Å². The van der Waals surface area contributed by atoms with Gasteiger partial charge in [0.2, 0.25) is 5.95 Å². The highest BCUT2D eigenvalue weighted by atomic mass is 16.1. The largest absolute Gasteiger partial charge is 0.348 e. The van der Waals surface area contributed by atoms with E-state index in [0.717, 1.165) is 17.8 Å². The first-order chi connectivity index (χ1) is 10.5. The second-order valence-electron chi connectivity index (χ2n) is 5.49. The molecular weight excluding hydrogens is 276 g/mol. The molecule has 2 rings (SSSR count). The molecule has 5 heteroatoms. The smallest absolute Gasteiger partial charge is 0.270 e. The molecule has 0 saturated heterocycles. The first-order valence-corrected chi connectivity index (χ1v) is 7.48. The zero-order valence-electron chi connectivity index (χ0n) is 13.5. The molecule has 1 atom stereocenters. The summed E-state index contributed by atoms with van der Waals surface area (Å²) in [6.45, 7) is 7.88. The molecule has 1 aromatic carbocycles. The van der Waals surface area contributed by atoms with Gasteiger partial charge in [0.25, 0.3) is 5.91 Å². The number of benzene rings is 1. The minimum absolute atomic E-state index is 0.122. The number of nitrogens with zero attached hydrogens (tertiary/aromatic N) is 2. The molecule has 0 aliphatic heterocycles. The molecule has 0 fully saturated rings. The van der Waals surface area contributed by atoms with Crippen LogP contribution in [0.15, 0.2) is 30.3 Å². The van der Waals surface area contributed by atoms with Crippen LogP contribution in [0, 0.1) is 13.8 Å². The number of carbonyl (C=O) groups excluding carboxylic acids is 1. The van der Waals surface area contributed by atoms with Crippen LogP contribution in [-0.4, -0.2) is 21.9 Å². The first-order valence-electron chi connectivity index (χ1n) is 7.48. The maximum Gasteiger partial charge on any atom is 0.270 e. The lowest BCUT2D eigenvalue weighted by molar-refractivity contribution is 0.0934. The predicted molar refractivity (Wildman–Crippen MR) is 88.4 cm³/mol. The van der Waals surface area contributed by atoms with Crippen LogP contribution in [0.1, 0.15) is 42.0 Å². The molecular formula is C17H22N4O. The Labute approximate surface area is 131 Å². The summed E-state index contributed by atoms with van der Waals surface area (Å²) in [4.78, 5) is 20.8. The Kier molecular flexibility index (Phi) is 5.09. The fourth-order valence-electron chi connectivity index (χ4n) is 1.91. The third-order valence-electron chi connectivity index (χ3n) is 3.38. The van der Waals surface area contributed by atoms with Crippen LogP contribution in [0.4, 0.5) is 11.6 Å². The predicted octanol–water partition coefficient (Wildman–Crippen LogP) is 3.37. The van der Waals surface area contributed by atoms with Crippen molar-refractivity contribution in [2.45, 2.75) is 40.2 Å². The van der Waals surface area contributed by atoms with E-state index in [1.54, 1.807) is 6.07 Å². The van der Waals surface area contributed by atoms with Crippen LogP contribution < -0.4 is 10.6 Å². The van der Waals surface area contributed by atoms with Gasteiger partial charge in [-0.25, -0.2) is 9.97 Å². The van der Waals surface area contributed by atoms with Gasteiger partial charge >= 0.3 is 0 Å². The lowest BCUT2D eigenvalue weighted by Gasteiger charge is -2.12. The molecule has 22 heavy (non-hydrogen) atoms. The SMILES string of the molecule is CCC(C)NC(=O)c1cc(C)nc(Nc2ccc(C)cc2)n1. The number of amides is 1. The molecule has 0 aliphatic carbocycles. The van der Waals surface area contributed by atoms with Crippen molar-refractivity contribution in [1.82, 2.24) is 15.3 Å². The normalized spacial score (nSPS) is 11.8. The summed E-state index contributed by atoms with van der Waals surface area (Å²) in [5, 5.41) is 6.05. The van der Waals surface area contributed by atoms with Gasteiger partial charge in [-0.1, -0.05) is 24.6 Å². The molecule has 0 saturated carbocycles. The van der Waals surface area contributed by atoms with Crippen LogP contribution in [0.5, 0.6) is 0 Å². The van der Waals surface area contributed by atoms with Crippen LogP contribution in [-0.2, 0) is 0 Å². The van der Waals surface area contributed by atoms with Crippen molar-refractivity contribution in [2.24, 2.45) is 0 Å². The van der Waals surface area contributed by atoms with Crippen molar-refractivity contribution in [2.75, 3.05) is 5.32 Å². The highest BCUT2D eigenvalue weighted by Gasteiger charge is 2.12. The van der Waals surface area contributed by atoms with Crippen molar-refractivity contribution in [3.8, 4) is 0 Å². The van der Waals surface area contributed by atoms with Crippen molar-refractivity contribution in [3.05, 3.63) is 47.3 Å². The minimum Gasteiger partial charge on any atom is -0.348 e. The van der Waals surface area contributed by atoms with E-state index < -0.39 is 0 Å². The summed E-state index contributed by atoms with van der Waals surface area (Å²) in [5.41, 5.74) is 3.20. The highest BCUT2D eigenvalue weighted by molar-refractivity contribution is 5.92. The summed E-state index contributed by atoms with van der Waals surface area (Å²) in [6.07, 6.45) is 0.879. The molecule has 0 radical (unpaired) electrons. The highest BCUT2D eigenvalue weighted by Crippen LogP contribution is 2.14. The van der Waals surface area contributed by atoms with Crippen molar-refractivity contribution in [1.29, 1.82) is 0 Å². The minimum atomic E-state index is -0.174. The Morgan fingerprint density at radius 2 is 1.86 bits per heavy atom. The molecule has 1 unspecified atom stereocenters. The average molecular weight is 298 g/mol. The van der Waals surface area contributed by atoms with Crippen LogP contribution in [0.2, 0.25) is 0 Å². The standard InChI is InChI=1S/C17H22N4O/c1-5-12(3)18-16(22)15-10-13(4)19-17(21-15)20-14-8-6-11(2)7-9-14/h6-10,12H,5H2,1-4H3,(H,18,22)(H,19,20,21). The molecule has 0 aliphatic rings. The van der Waals surface area contributed by atoms with Crippen LogP contribution in [0.3, 0.4) is 0 Å². The van der Waals surface area contributed by atoms with Crippen LogP contribution in [0.25, 0.3) is 0 Å². The Balaban J connectivity index is 2.19. The van der Waals surface area contributed by atoms with E-state index in [1.165, 1.54) is 5.56 Å². The first kappa shape index (κ1) is 15.9. The topological polar surface area (TPSA) is 66.9 Å². The number of anilines is 2. The number of aromatic nitrogens is 2. The molecule has 2 N–H and O–H groups in total. The number of aryl methyl sites for hydroxylation is 2. The summed E-state index contributed by atoms with van der Waals surface area (Å²) >= 11 is 0. The van der Waals surface area contributed by atoms with Gasteiger partial charge < -0.3 is 10.6 Å². The number of hydrogen-bond donors (Lipinski definition) is 2. The number of rotatable bonds is 5. The molecule has 5 nitrogen and oxygen atoms in total. The number of carbonyl (C=O) groups is 1. The van der Waals surface area contributed by atoms with Gasteiger partial charge in [0.15, 0.2) is 0 Å². The van der Waals surface area contributed by atoms with Gasteiger partial charge in [-0.15, -0.1) is 0 Å². The maximum atomic E-state index is 12.2. The molecule has 116 valence electrons. The lowest BCUT2D eigenvalue weighted by atomic mass is 10.2. The van der Waals surface area contributed by atoms with E-state index in [1.807, 2.05) is 52.0 Å². The van der Waals surface area contributed by atoms with E-state index in [9.17, 15) is 4.79 Å². The third kappa shape index (κ3) is 4.28. The summed E-state index contributed by atoms with van der Waals surface area (Å²) in [5.74, 6) is 0.255. The Morgan fingerprint density at radius 3 is 2.50 bits per heavy atom. The van der Waals surface area contributed by atoms with Gasteiger partial charge in [0, 0.05) is 17.4 Å². The van der Waals surface area contributed by atoms with Crippen LogP contribution >= 0.6 is 0 Å². The second-order valence-corrected chi connectivity index (χ2v) is 5.49. The maximum absolute atomic E-state index is 12.2. The fourth-order valence-corrected chi connectivity index (χ4v) is 1.91.